The van der Waals surface area contributed by atoms with Crippen LogP contribution in [0.25, 0.3) is 22.2 Å². The normalized spacial score (nSPS) is 11.4. The molecule has 0 aliphatic rings. The standard InChI is InChI=1S/C27H27N7O/c1-27(2,3)18-6-4-7-19(12-18)31-26(35)32-21-9-5-8-20(13-21)30-22-10-11-23-24(14-22)33-34-25(23)17-15-28-29-16-17/h4-16,30H,1-3H3,(H,28,29)(H,33,34)(H2,31,32,35). The van der Waals surface area contributed by atoms with Crippen molar-refractivity contribution in [1.82, 2.24) is 20.4 Å². The van der Waals surface area contributed by atoms with Crippen LogP contribution in [0.15, 0.2) is 79.1 Å². The first kappa shape index (κ1) is 22.2. The Morgan fingerprint density at radius 1 is 0.857 bits per heavy atom. The number of H-pyrrole nitrogens is 2. The topological polar surface area (TPSA) is 111 Å². The molecule has 2 amide bonds. The summed E-state index contributed by atoms with van der Waals surface area (Å²) in [6, 6.07) is 21.2. The van der Waals surface area contributed by atoms with Gasteiger partial charge in [0.25, 0.3) is 0 Å². The predicted octanol–water partition coefficient (Wildman–Crippen LogP) is 6.64. The summed E-state index contributed by atoms with van der Waals surface area (Å²) in [7, 11) is 0. The third kappa shape index (κ3) is 5.01. The van der Waals surface area contributed by atoms with Gasteiger partial charge in [-0.2, -0.15) is 10.2 Å². The monoisotopic (exact) mass is 465 g/mol. The molecule has 0 saturated heterocycles. The van der Waals surface area contributed by atoms with Gasteiger partial charge in [-0.15, -0.1) is 0 Å². The lowest BCUT2D eigenvalue weighted by atomic mass is 9.87. The van der Waals surface area contributed by atoms with E-state index >= 15 is 0 Å². The lowest BCUT2D eigenvalue weighted by molar-refractivity contribution is 0.262. The molecule has 0 fully saturated rings. The molecule has 0 aliphatic carbocycles. The molecule has 0 saturated carbocycles. The van der Waals surface area contributed by atoms with E-state index in [2.05, 4.69) is 63.2 Å². The smallest absolute Gasteiger partial charge is 0.323 e. The molecule has 0 atom stereocenters. The molecule has 35 heavy (non-hydrogen) atoms. The number of aromatic amines is 2. The number of anilines is 4. The largest absolute Gasteiger partial charge is 0.355 e. The van der Waals surface area contributed by atoms with E-state index in [1.54, 1.807) is 6.20 Å². The quantitative estimate of drug-likeness (QED) is 0.200. The van der Waals surface area contributed by atoms with Crippen molar-refractivity contribution in [2.75, 3.05) is 16.0 Å². The van der Waals surface area contributed by atoms with Gasteiger partial charge in [0, 0.05) is 39.9 Å². The first-order valence-corrected chi connectivity index (χ1v) is 11.4. The third-order valence-corrected chi connectivity index (χ3v) is 5.73. The summed E-state index contributed by atoms with van der Waals surface area (Å²) in [6.45, 7) is 6.44. The fourth-order valence-corrected chi connectivity index (χ4v) is 3.90. The maximum atomic E-state index is 12.6. The molecule has 0 unspecified atom stereocenters. The van der Waals surface area contributed by atoms with Crippen LogP contribution in [0, 0.1) is 0 Å². The molecule has 0 aliphatic heterocycles. The highest BCUT2D eigenvalue weighted by atomic mass is 16.2. The van der Waals surface area contributed by atoms with Gasteiger partial charge in [-0.05, 0) is 59.5 Å². The van der Waals surface area contributed by atoms with Gasteiger partial charge < -0.3 is 16.0 Å². The van der Waals surface area contributed by atoms with Crippen molar-refractivity contribution in [2.24, 2.45) is 0 Å². The van der Waals surface area contributed by atoms with Crippen molar-refractivity contribution >= 4 is 39.7 Å². The second-order valence-electron chi connectivity index (χ2n) is 9.44. The first-order valence-electron chi connectivity index (χ1n) is 11.4. The Hall–Kier alpha value is -4.59. The van der Waals surface area contributed by atoms with Crippen molar-refractivity contribution < 1.29 is 4.79 Å². The summed E-state index contributed by atoms with van der Waals surface area (Å²) in [5.74, 6) is 0. The minimum Gasteiger partial charge on any atom is -0.355 e. The van der Waals surface area contributed by atoms with E-state index in [4.69, 9.17) is 0 Å². The van der Waals surface area contributed by atoms with Gasteiger partial charge >= 0.3 is 6.03 Å². The summed E-state index contributed by atoms with van der Waals surface area (Å²) >= 11 is 0. The molecular weight excluding hydrogens is 438 g/mol. The summed E-state index contributed by atoms with van der Waals surface area (Å²) in [5, 5.41) is 24.5. The molecule has 3 aromatic carbocycles. The second kappa shape index (κ2) is 8.98. The molecule has 8 nitrogen and oxygen atoms in total. The van der Waals surface area contributed by atoms with Gasteiger partial charge in [0.15, 0.2) is 0 Å². The lowest BCUT2D eigenvalue weighted by Gasteiger charge is -2.20. The molecule has 0 radical (unpaired) electrons. The molecule has 176 valence electrons. The van der Waals surface area contributed by atoms with Crippen molar-refractivity contribution in [3.8, 4) is 11.3 Å². The molecule has 2 heterocycles. The number of nitrogens with zero attached hydrogens (tertiary/aromatic N) is 2. The number of amides is 2. The number of fused-ring (bicyclic) bond motifs is 1. The fraction of sp³-hybridized carbons (Fsp3) is 0.148. The number of hydrogen-bond acceptors (Lipinski definition) is 4. The summed E-state index contributed by atoms with van der Waals surface area (Å²) in [6.07, 6.45) is 3.56. The molecule has 5 rings (SSSR count). The number of urea groups is 1. The van der Waals surface area contributed by atoms with Gasteiger partial charge in [0.2, 0.25) is 0 Å². The second-order valence-corrected chi connectivity index (χ2v) is 9.44. The van der Waals surface area contributed by atoms with E-state index < -0.39 is 0 Å². The number of carbonyl (C=O) groups is 1. The van der Waals surface area contributed by atoms with Crippen LogP contribution < -0.4 is 16.0 Å². The van der Waals surface area contributed by atoms with Crippen molar-refractivity contribution in [1.29, 1.82) is 0 Å². The Kier molecular flexibility index (Phi) is 5.70. The van der Waals surface area contributed by atoms with Crippen LogP contribution in [-0.2, 0) is 5.41 Å². The lowest BCUT2D eigenvalue weighted by Crippen LogP contribution is -2.20. The van der Waals surface area contributed by atoms with E-state index in [-0.39, 0.29) is 11.4 Å². The van der Waals surface area contributed by atoms with Crippen molar-refractivity contribution in [2.45, 2.75) is 26.2 Å². The predicted molar refractivity (Wildman–Crippen MR) is 141 cm³/mol. The molecule has 0 bridgehead atoms. The number of hydrogen-bond donors (Lipinski definition) is 5. The Bertz CT molecular complexity index is 1480. The fourth-order valence-electron chi connectivity index (χ4n) is 3.90. The number of nitrogens with one attached hydrogen (secondary N) is 5. The van der Waals surface area contributed by atoms with E-state index in [1.165, 1.54) is 0 Å². The zero-order valence-electron chi connectivity index (χ0n) is 19.8. The molecular formula is C27H27N7O. The molecule has 5 N–H and O–H groups in total. The highest BCUT2D eigenvalue weighted by molar-refractivity contribution is 6.00. The van der Waals surface area contributed by atoms with Crippen LogP contribution in [0.2, 0.25) is 0 Å². The van der Waals surface area contributed by atoms with E-state index in [0.717, 1.165) is 44.8 Å². The number of benzene rings is 3. The molecule has 2 aromatic heterocycles. The molecule has 5 aromatic rings. The Morgan fingerprint density at radius 2 is 1.57 bits per heavy atom. The number of aromatic nitrogens is 4. The van der Waals surface area contributed by atoms with Gasteiger partial charge in [-0.1, -0.05) is 39.0 Å². The van der Waals surface area contributed by atoms with Gasteiger partial charge in [0.05, 0.1) is 11.7 Å². The maximum absolute atomic E-state index is 12.6. The van der Waals surface area contributed by atoms with Gasteiger partial charge in [0.1, 0.15) is 5.69 Å². The Morgan fingerprint density at radius 3 is 2.31 bits per heavy atom. The third-order valence-electron chi connectivity index (χ3n) is 5.73. The van der Waals surface area contributed by atoms with Crippen LogP contribution in [0.3, 0.4) is 0 Å². The molecule has 8 heteroatoms. The zero-order valence-corrected chi connectivity index (χ0v) is 19.8. The van der Waals surface area contributed by atoms with Gasteiger partial charge in [-0.25, -0.2) is 4.79 Å². The average molecular weight is 466 g/mol. The number of rotatable bonds is 5. The maximum Gasteiger partial charge on any atom is 0.323 e. The number of carbonyl (C=O) groups excluding carboxylic acids is 1. The van der Waals surface area contributed by atoms with Crippen LogP contribution >= 0.6 is 0 Å². The highest BCUT2D eigenvalue weighted by Gasteiger charge is 2.14. The SMILES string of the molecule is CC(C)(C)c1cccc(NC(=O)Nc2cccc(Nc3ccc4c(-c5cn[nH]c5)n[nH]c4c3)c2)c1. The Labute approximate surface area is 203 Å². The summed E-state index contributed by atoms with van der Waals surface area (Å²) in [5.41, 5.74) is 7.06. The van der Waals surface area contributed by atoms with E-state index in [1.807, 2.05) is 66.9 Å². The molecule has 0 spiro atoms. The van der Waals surface area contributed by atoms with Crippen molar-refractivity contribution in [3.05, 3.63) is 84.7 Å². The van der Waals surface area contributed by atoms with E-state index in [0.29, 0.717) is 5.69 Å². The summed E-state index contributed by atoms with van der Waals surface area (Å²) < 4.78 is 0. The summed E-state index contributed by atoms with van der Waals surface area (Å²) in [4.78, 5) is 12.6. The Balaban J connectivity index is 1.27. The zero-order chi connectivity index (χ0) is 24.4. The van der Waals surface area contributed by atoms with Crippen molar-refractivity contribution in [3.63, 3.8) is 0 Å². The van der Waals surface area contributed by atoms with Crippen LogP contribution in [0.5, 0.6) is 0 Å². The first-order chi connectivity index (χ1) is 16.8. The highest BCUT2D eigenvalue weighted by Crippen LogP contribution is 2.29. The minimum atomic E-state index is -0.293. The average Bonchev–Trinajstić information content (AvgIpc) is 3.48. The minimum absolute atomic E-state index is 0.00812. The van der Waals surface area contributed by atoms with Gasteiger partial charge in [-0.3, -0.25) is 10.2 Å². The van der Waals surface area contributed by atoms with E-state index in [9.17, 15) is 4.79 Å². The van der Waals surface area contributed by atoms with Crippen LogP contribution in [0.1, 0.15) is 26.3 Å². The van der Waals surface area contributed by atoms with Crippen LogP contribution in [-0.4, -0.2) is 26.4 Å². The van der Waals surface area contributed by atoms with Crippen LogP contribution in [0.4, 0.5) is 27.5 Å².